The van der Waals surface area contributed by atoms with Crippen molar-refractivity contribution >= 4 is 23.0 Å². The second-order valence-corrected chi connectivity index (χ2v) is 5.01. The van der Waals surface area contributed by atoms with E-state index in [-0.39, 0.29) is 5.56 Å². The van der Waals surface area contributed by atoms with Crippen LogP contribution in [0.2, 0.25) is 0 Å². The minimum Gasteiger partial charge on any atom is -0.478 e. The number of hydrogen-bond donors (Lipinski definition) is 3. The van der Waals surface area contributed by atoms with Gasteiger partial charge in [-0.05, 0) is 50.1 Å². The Bertz CT molecular complexity index is 655. The van der Waals surface area contributed by atoms with Gasteiger partial charge in [-0.2, -0.15) is 0 Å². The van der Waals surface area contributed by atoms with Crippen LogP contribution >= 0.6 is 0 Å². The summed E-state index contributed by atoms with van der Waals surface area (Å²) in [6.45, 7) is 6.07. The SMILES string of the molecule is Cc1cc(C)c(Nc2cc(C(=O)O)ccc2N)c(C)c1. The third kappa shape index (κ3) is 2.74. The summed E-state index contributed by atoms with van der Waals surface area (Å²) in [6.07, 6.45) is 0. The standard InChI is InChI=1S/C16H18N2O2/c1-9-6-10(2)15(11(3)7-9)18-14-8-12(16(19)20)4-5-13(14)17/h4-8,18H,17H2,1-3H3,(H,19,20). The van der Waals surface area contributed by atoms with E-state index in [2.05, 4.69) is 17.4 Å². The zero-order valence-electron chi connectivity index (χ0n) is 11.8. The number of benzene rings is 2. The van der Waals surface area contributed by atoms with E-state index < -0.39 is 5.97 Å². The van der Waals surface area contributed by atoms with Crippen LogP contribution in [0, 0.1) is 20.8 Å². The van der Waals surface area contributed by atoms with Gasteiger partial charge in [0.25, 0.3) is 0 Å². The van der Waals surface area contributed by atoms with Gasteiger partial charge in [-0.25, -0.2) is 4.79 Å². The molecule has 2 rings (SSSR count). The molecule has 4 N–H and O–H groups in total. The maximum atomic E-state index is 11.0. The normalized spacial score (nSPS) is 10.3. The first-order chi connectivity index (χ1) is 9.38. The Morgan fingerprint density at radius 1 is 1.10 bits per heavy atom. The molecule has 0 aliphatic rings. The number of rotatable bonds is 3. The molecule has 4 nitrogen and oxygen atoms in total. The molecule has 0 radical (unpaired) electrons. The van der Waals surface area contributed by atoms with Gasteiger partial charge in [-0.1, -0.05) is 17.7 Å². The van der Waals surface area contributed by atoms with Gasteiger partial charge < -0.3 is 16.2 Å². The number of anilines is 3. The number of hydrogen-bond acceptors (Lipinski definition) is 3. The zero-order chi connectivity index (χ0) is 14.9. The van der Waals surface area contributed by atoms with Crippen molar-refractivity contribution in [3.63, 3.8) is 0 Å². The molecule has 0 heterocycles. The molecule has 0 saturated carbocycles. The van der Waals surface area contributed by atoms with Crippen LogP contribution in [0.15, 0.2) is 30.3 Å². The first-order valence-corrected chi connectivity index (χ1v) is 6.36. The number of aromatic carboxylic acids is 1. The number of carboxylic acid groups (broad SMARTS) is 1. The van der Waals surface area contributed by atoms with E-state index in [0.717, 1.165) is 16.8 Å². The van der Waals surface area contributed by atoms with Crippen molar-refractivity contribution < 1.29 is 9.90 Å². The lowest BCUT2D eigenvalue weighted by molar-refractivity contribution is 0.0697. The second-order valence-electron chi connectivity index (χ2n) is 5.01. The molecule has 0 aromatic heterocycles. The largest absolute Gasteiger partial charge is 0.478 e. The fourth-order valence-corrected chi connectivity index (χ4v) is 2.31. The highest BCUT2D eigenvalue weighted by atomic mass is 16.4. The number of aryl methyl sites for hydroxylation is 3. The van der Waals surface area contributed by atoms with Crippen LogP contribution in [0.1, 0.15) is 27.0 Å². The molecule has 2 aromatic rings. The highest BCUT2D eigenvalue weighted by Crippen LogP contribution is 2.29. The van der Waals surface area contributed by atoms with Crippen LogP contribution < -0.4 is 11.1 Å². The van der Waals surface area contributed by atoms with Gasteiger partial charge in [0.1, 0.15) is 0 Å². The number of carbonyl (C=O) groups is 1. The number of nitrogens with two attached hydrogens (primary N) is 1. The van der Waals surface area contributed by atoms with E-state index in [1.807, 2.05) is 20.8 Å². The van der Waals surface area contributed by atoms with Crippen LogP contribution in [0.5, 0.6) is 0 Å². The van der Waals surface area contributed by atoms with Crippen molar-refractivity contribution in [2.75, 3.05) is 11.1 Å². The maximum Gasteiger partial charge on any atom is 0.335 e. The quantitative estimate of drug-likeness (QED) is 0.744. The molecular formula is C16H18N2O2. The Kier molecular flexibility index (Phi) is 3.66. The van der Waals surface area contributed by atoms with Gasteiger partial charge in [-0.3, -0.25) is 0 Å². The lowest BCUT2D eigenvalue weighted by atomic mass is 10.0. The van der Waals surface area contributed by atoms with E-state index in [0.29, 0.717) is 11.4 Å². The number of nitrogen functional groups attached to an aromatic ring is 1. The number of carboxylic acids is 1. The first kappa shape index (κ1) is 13.9. The van der Waals surface area contributed by atoms with E-state index in [1.165, 1.54) is 11.6 Å². The highest BCUT2D eigenvalue weighted by Gasteiger charge is 2.09. The predicted molar refractivity (Wildman–Crippen MR) is 81.7 cm³/mol. The Hall–Kier alpha value is -2.49. The van der Waals surface area contributed by atoms with Crippen LogP contribution in [0.25, 0.3) is 0 Å². The molecule has 0 bridgehead atoms. The zero-order valence-corrected chi connectivity index (χ0v) is 11.8. The molecule has 0 atom stereocenters. The van der Waals surface area contributed by atoms with Gasteiger partial charge >= 0.3 is 5.97 Å². The highest BCUT2D eigenvalue weighted by molar-refractivity contribution is 5.91. The summed E-state index contributed by atoms with van der Waals surface area (Å²) in [5.41, 5.74) is 11.6. The number of nitrogens with one attached hydrogen (secondary N) is 1. The molecule has 104 valence electrons. The van der Waals surface area contributed by atoms with E-state index in [4.69, 9.17) is 10.8 Å². The molecule has 0 fully saturated rings. The average Bonchev–Trinajstić information content (AvgIpc) is 2.35. The minimum absolute atomic E-state index is 0.212. The summed E-state index contributed by atoms with van der Waals surface area (Å²) in [6, 6.07) is 8.80. The monoisotopic (exact) mass is 270 g/mol. The Balaban J connectivity index is 2.45. The molecule has 0 spiro atoms. The lowest BCUT2D eigenvalue weighted by Crippen LogP contribution is -2.03. The van der Waals surface area contributed by atoms with E-state index in [1.54, 1.807) is 12.1 Å². The van der Waals surface area contributed by atoms with Crippen molar-refractivity contribution in [1.82, 2.24) is 0 Å². The van der Waals surface area contributed by atoms with Crippen LogP contribution in [-0.2, 0) is 0 Å². The van der Waals surface area contributed by atoms with Crippen molar-refractivity contribution in [2.45, 2.75) is 20.8 Å². The third-order valence-corrected chi connectivity index (χ3v) is 3.24. The van der Waals surface area contributed by atoms with E-state index in [9.17, 15) is 4.79 Å². The summed E-state index contributed by atoms with van der Waals surface area (Å²) >= 11 is 0. The fraction of sp³-hybridized carbons (Fsp3) is 0.188. The molecule has 2 aromatic carbocycles. The summed E-state index contributed by atoms with van der Waals surface area (Å²) < 4.78 is 0. The van der Waals surface area contributed by atoms with Crippen LogP contribution in [0.4, 0.5) is 17.1 Å². The van der Waals surface area contributed by atoms with Gasteiger partial charge in [0.2, 0.25) is 0 Å². The maximum absolute atomic E-state index is 11.0. The molecule has 0 saturated heterocycles. The van der Waals surface area contributed by atoms with Gasteiger partial charge in [0, 0.05) is 5.69 Å². The smallest absolute Gasteiger partial charge is 0.335 e. The van der Waals surface area contributed by atoms with Gasteiger partial charge in [0.15, 0.2) is 0 Å². The summed E-state index contributed by atoms with van der Waals surface area (Å²) in [5.74, 6) is -0.967. The predicted octanol–water partition coefficient (Wildman–Crippen LogP) is 3.64. The van der Waals surface area contributed by atoms with Crippen LogP contribution in [-0.4, -0.2) is 11.1 Å². The molecule has 0 unspecified atom stereocenters. The fourth-order valence-electron chi connectivity index (χ4n) is 2.31. The minimum atomic E-state index is -0.967. The molecule has 0 amide bonds. The summed E-state index contributed by atoms with van der Waals surface area (Å²) in [4.78, 5) is 11.0. The molecule has 0 aliphatic heterocycles. The Labute approximate surface area is 118 Å². The molecule has 20 heavy (non-hydrogen) atoms. The van der Waals surface area contributed by atoms with Gasteiger partial charge in [0.05, 0.1) is 16.9 Å². The van der Waals surface area contributed by atoms with Gasteiger partial charge in [-0.15, -0.1) is 0 Å². The van der Waals surface area contributed by atoms with Crippen LogP contribution in [0.3, 0.4) is 0 Å². The van der Waals surface area contributed by atoms with E-state index >= 15 is 0 Å². The molecular weight excluding hydrogens is 252 g/mol. The van der Waals surface area contributed by atoms with Crippen molar-refractivity contribution in [2.24, 2.45) is 0 Å². The van der Waals surface area contributed by atoms with Crippen molar-refractivity contribution in [3.8, 4) is 0 Å². The van der Waals surface area contributed by atoms with Crippen molar-refractivity contribution in [1.29, 1.82) is 0 Å². The second kappa shape index (κ2) is 5.25. The Morgan fingerprint density at radius 3 is 2.25 bits per heavy atom. The summed E-state index contributed by atoms with van der Waals surface area (Å²) in [7, 11) is 0. The molecule has 4 heteroatoms. The summed E-state index contributed by atoms with van der Waals surface area (Å²) in [5, 5.41) is 12.3. The van der Waals surface area contributed by atoms with Crippen molar-refractivity contribution in [3.05, 3.63) is 52.6 Å². The average molecular weight is 270 g/mol. The Morgan fingerprint density at radius 2 is 1.70 bits per heavy atom. The topological polar surface area (TPSA) is 75.3 Å². The lowest BCUT2D eigenvalue weighted by Gasteiger charge is -2.15. The third-order valence-electron chi connectivity index (χ3n) is 3.24. The first-order valence-electron chi connectivity index (χ1n) is 6.36. The molecule has 0 aliphatic carbocycles.